The van der Waals surface area contributed by atoms with Crippen LogP contribution in [0.3, 0.4) is 0 Å². The van der Waals surface area contributed by atoms with Crippen LogP contribution >= 0.6 is 0 Å². The number of rotatable bonds is 8. The van der Waals surface area contributed by atoms with Gasteiger partial charge in [0.15, 0.2) is 5.76 Å². The minimum Gasteiger partial charge on any atom is -0.486 e. The zero-order valence-corrected chi connectivity index (χ0v) is 16.9. The van der Waals surface area contributed by atoms with Crippen LogP contribution in [0, 0.1) is 6.92 Å². The minimum absolute atomic E-state index is 0.158. The Kier molecular flexibility index (Phi) is 6.19. The van der Waals surface area contributed by atoms with Crippen LogP contribution in [0.15, 0.2) is 47.0 Å². The summed E-state index contributed by atoms with van der Waals surface area (Å²) in [6, 6.07) is 11.2. The van der Waals surface area contributed by atoms with Gasteiger partial charge in [-0.25, -0.2) is 0 Å². The van der Waals surface area contributed by atoms with E-state index in [4.69, 9.17) is 9.15 Å². The second-order valence-corrected chi connectivity index (χ2v) is 6.77. The van der Waals surface area contributed by atoms with Crippen molar-refractivity contribution in [2.75, 3.05) is 0 Å². The second kappa shape index (κ2) is 8.78. The van der Waals surface area contributed by atoms with Crippen LogP contribution in [0.2, 0.25) is 0 Å². The van der Waals surface area contributed by atoms with Gasteiger partial charge in [0.25, 0.3) is 5.91 Å². The maximum absolute atomic E-state index is 12.5. The van der Waals surface area contributed by atoms with E-state index < -0.39 is 0 Å². The molecule has 0 aliphatic heterocycles. The average Bonchev–Trinajstić information content (AvgIpc) is 3.33. The number of nitrogens with one attached hydrogen (secondary N) is 1. The second-order valence-electron chi connectivity index (χ2n) is 6.77. The first-order valence-electron chi connectivity index (χ1n) is 9.65. The van der Waals surface area contributed by atoms with Gasteiger partial charge >= 0.3 is 0 Å². The normalized spacial score (nSPS) is 12.0. The molecule has 0 saturated heterocycles. The first-order chi connectivity index (χ1) is 13.5. The number of aryl methyl sites for hydroxylation is 3. The van der Waals surface area contributed by atoms with Crippen LogP contribution in [0.25, 0.3) is 0 Å². The lowest BCUT2D eigenvalue weighted by Gasteiger charge is -2.12. The Balaban J connectivity index is 1.57. The van der Waals surface area contributed by atoms with Gasteiger partial charge in [0.2, 0.25) is 0 Å². The highest BCUT2D eigenvalue weighted by atomic mass is 16.5. The van der Waals surface area contributed by atoms with Crippen LogP contribution in [-0.2, 0) is 19.6 Å². The topological polar surface area (TPSA) is 69.3 Å². The number of furan rings is 1. The molecule has 0 radical (unpaired) electrons. The van der Waals surface area contributed by atoms with Gasteiger partial charge in [0.1, 0.15) is 18.1 Å². The van der Waals surface area contributed by atoms with Crippen LogP contribution in [0.1, 0.15) is 59.9 Å². The van der Waals surface area contributed by atoms with Crippen LogP contribution in [0.5, 0.6) is 5.75 Å². The van der Waals surface area contributed by atoms with Gasteiger partial charge in [0, 0.05) is 18.3 Å². The Morgan fingerprint density at radius 2 is 1.96 bits per heavy atom. The fourth-order valence-corrected chi connectivity index (χ4v) is 3.02. The summed E-state index contributed by atoms with van der Waals surface area (Å²) in [6.07, 6.45) is 2.96. The number of carbonyl (C=O) groups is 1. The maximum Gasteiger partial charge on any atom is 0.287 e. The van der Waals surface area contributed by atoms with E-state index in [-0.39, 0.29) is 24.3 Å². The lowest BCUT2D eigenvalue weighted by Crippen LogP contribution is -2.26. The van der Waals surface area contributed by atoms with Crippen LogP contribution in [0.4, 0.5) is 0 Å². The summed E-state index contributed by atoms with van der Waals surface area (Å²) in [5.74, 6) is 1.39. The maximum atomic E-state index is 12.5. The van der Waals surface area contributed by atoms with Gasteiger partial charge < -0.3 is 14.5 Å². The van der Waals surface area contributed by atoms with Crippen molar-refractivity contribution >= 4 is 5.91 Å². The molecule has 6 nitrogen and oxygen atoms in total. The van der Waals surface area contributed by atoms with Crippen LogP contribution < -0.4 is 10.1 Å². The third-order valence-corrected chi connectivity index (χ3v) is 4.72. The number of aromatic nitrogens is 2. The Morgan fingerprint density at radius 1 is 1.21 bits per heavy atom. The molecule has 1 atom stereocenters. The Hall–Kier alpha value is -3.02. The van der Waals surface area contributed by atoms with Crippen molar-refractivity contribution in [3.05, 3.63) is 70.9 Å². The molecule has 1 aromatic carbocycles. The molecule has 1 N–H and O–H groups in total. The molecule has 2 heterocycles. The van der Waals surface area contributed by atoms with E-state index in [1.54, 1.807) is 12.1 Å². The molecular weight excluding hydrogens is 354 g/mol. The Bertz CT molecular complexity index is 925. The first kappa shape index (κ1) is 19.7. The molecule has 0 spiro atoms. The predicted molar refractivity (Wildman–Crippen MR) is 107 cm³/mol. The van der Waals surface area contributed by atoms with E-state index in [9.17, 15) is 4.79 Å². The van der Waals surface area contributed by atoms with Crippen molar-refractivity contribution in [2.45, 2.75) is 53.3 Å². The summed E-state index contributed by atoms with van der Waals surface area (Å²) in [7, 11) is 0. The molecule has 148 valence electrons. The third-order valence-electron chi connectivity index (χ3n) is 4.72. The number of amides is 1. The number of hydrogen-bond acceptors (Lipinski definition) is 4. The number of nitrogens with zero attached hydrogens (tertiary/aromatic N) is 2. The lowest BCUT2D eigenvalue weighted by atomic mass is 10.1. The summed E-state index contributed by atoms with van der Waals surface area (Å²) in [6.45, 7) is 9.10. The van der Waals surface area contributed by atoms with Crippen molar-refractivity contribution < 1.29 is 13.9 Å². The Morgan fingerprint density at radius 3 is 2.61 bits per heavy atom. The number of benzene rings is 1. The first-order valence-corrected chi connectivity index (χ1v) is 9.65. The van der Waals surface area contributed by atoms with E-state index in [0.29, 0.717) is 5.76 Å². The van der Waals surface area contributed by atoms with E-state index in [2.05, 4.69) is 17.3 Å². The van der Waals surface area contributed by atoms with Crippen LogP contribution in [-0.4, -0.2) is 15.7 Å². The summed E-state index contributed by atoms with van der Waals surface area (Å²) in [4.78, 5) is 12.5. The highest BCUT2D eigenvalue weighted by molar-refractivity contribution is 5.91. The molecule has 0 aliphatic rings. The largest absolute Gasteiger partial charge is 0.486 e. The molecule has 0 bridgehead atoms. The van der Waals surface area contributed by atoms with E-state index >= 15 is 0 Å². The van der Waals surface area contributed by atoms with Gasteiger partial charge in [-0.15, -0.1) is 0 Å². The van der Waals surface area contributed by atoms with Gasteiger partial charge in [-0.1, -0.05) is 19.1 Å². The zero-order chi connectivity index (χ0) is 20.1. The van der Waals surface area contributed by atoms with Crippen molar-refractivity contribution in [3.8, 4) is 5.75 Å². The predicted octanol–water partition coefficient (Wildman–Crippen LogP) is 4.44. The van der Waals surface area contributed by atoms with Gasteiger partial charge in [-0.3, -0.25) is 9.48 Å². The minimum atomic E-state index is -0.255. The molecule has 0 aliphatic carbocycles. The molecule has 6 heteroatoms. The molecule has 1 amide bonds. The summed E-state index contributed by atoms with van der Waals surface area (Å²) >= 11 is 0. The summed E-state index contributed by atoms with van der Waals surface area (Å²) in [5, 5.41) is 7.39. The summed E-state index contributed by atoms with van der Waals surface area (Å²) < 4.78 is 13.2. The van der Waals surface area contributed by atoms with Crippen molar-refractivity contribution in [2.24, 2.45) is 0 Å². The van der Waals surface area contributed by atoms with Gasteiger partial charge in [-0.2, -0.15) is 5.10 Å². The number of carbonyl (C=O) groups excluding carboxylic acids is 1. The number of ether oxygens (including phenoxy) is 1. The monoisotopic (exact) mass is 381 g/mol. The Labute approximate surface area is 165 Å². The standard InChI is InChI=1S/C22H27N3O3/c1-5-17-7-9-18(10-8-17)27-14-19-11-12-21(28-19)22(26)23-15(3)20-13-25(6-2)24-16(20)4/h7-13,15H,5-6,14H2,1-4H3,(H,23,26). The molecule has 0 fully saturated rings. The van der Waals surface area contributed by atoms with E-state index in [0.717, 1.165) is 30.0 Å². The molecule has 2 aromatic heterocycles. The summed E-state index contributed by atoms with van der Waals surface area (Å²) in [5.41, 5.74) is 3.18. The van der Waals surface area contributed by atoms with E-state index in [1.807, 2.05) is 55.9 Å². The average molecular weight is 381 g/mol. The number of hydrogen-bond donors (Lipinski definition) is 1. The molecular formula is C22H27N3O3. The highest BCUT2D eigenvalue weighted by Crippen LogP contribution is 2.19. The molecule has 1 unspecified atom stereocenters. The molecule has 0 saturated carbocycles. The smallest absolute Gasteiger partial charge is 0.287 e. The van der Waals surface area contributed by atoms with Gasteiger partial charge in [0.05, 0.1) is 11.7 Å². The van der Waals surface area contributed by atoms with E-state index in [1.165, 1.54) is 5.56 Å². The lowest BCUT2D eigenvalue weighted by molar-refractivity contribution is 0.0907. The molecule has 28 heavy (non-hydrogen) atoms. The van der Waals surface area contributed by atoms with Crippen molar-refractivity contribution in [1.29, 1.82) is 0 Å². The van der Waals surface area contributed by atoms with Crippen molar-refractivity contribution in [3.63, 3.8) is 0 Å². The van der Waals surface area contributed by atoms with Gasteiger partial charge in [-0.05, 0) is 57.0 Å². The zero-order valence-electron chi connectivity index (χ0n) is 16.9. The SMILES string of the molecule is CCc1ccc(OCc2ccc(C(=O)NC(C)c3cn(CC)nc3C)o2)cc1. The molecule has 3 aromatic rings. The highest BCUT2D eigenvalue weighted by Gasteiger charge is 2.18. The third kappa shape index (κ3) is 4.63. The fourth-order valence-electron chi connectivity index (χ4n) is 3.02. The molecule has 3 rings (SSSR count). The quantitative estimate of drug-likeness (QED) is 0.626. The fraction of sp³-hybridized carbons (Fsp3) is 0.364. The van der Waals surface area contributed by atoms with Crippen molar-refractivity contribution in [1.82, 2.24) is 15.1 Å².